The average Bonchev–Trinajstić information content (AvgIpc) is 1.78. The summed E-state index contributed by atoms with van der Waals surface area (Å²) in [6.45, 7) is 0. The van der Waals surface area contributed by atoms with Crippen LogP contribution in [0.15, 0.2) is 480 Å². The number of furan rings is 3. The summed E-state index contributed by atoms with van der Waals surface area (Å²) in [6, 6.07) is 160. The minimum atomic E-state index is 0.629. The lowest BCUT2D eigenvalue weighted by Crippen LogP contribution is -2.00. The van der Waals surface area contributed by atoms with Gasteiger partial charge in [-0.2, -0.15) is 0 Å². The third kappa shape index (κ3) is 16.0. The molecule has 0 amide bonds. The van der Waals surface area contributed by atoms with E-state index in [2.05, 4.69) is 297 Å². The van der Waals surface area contributed by atoms with Gasteiger partial charge in [-0.25, -0.2) is 44.9 Å². The van der Waals surface area contributed by atoms with Gasteiger partial charge in [0.1, 0.15) is 33.5 Å². The Balaban J connectivity index is 0.000000113. The fourth-order valence-electron chi connectivity index (χ4n) is 17.7. The topological polar surface area (TPSA) is 155 Å². The minimum Gasteiger partial charge on any atom is -0.456 e. The average molecular weight is 1710 g/mol. The number of para-hydroxylation sites is 4. The molecule has 0 aliphatic rings. The minimum absolute atomic E-state index is 0.629. The fraction of sp³-hybridized carbons (Fsp3) is 0. The van der Waals surface area contributed by atoms with Crippen LogP contribution in [0.2, 0.25) is 0 Å². The molecule has 0 unspecified atom stereocenters. The Bertz CT molecular complexity index is 8550. The van der Waals surface area contributed by atoms with Crippen molar-refractivity contribution in [2.75, 3.05) is 0 Å². The van der Waals surface area contributed by atoms with Gasteiger partial charge >= 0.3 is 0 Å². The highest BCUT2D eigenvalue weighted by Crippen LogP contribution is 2.45. The van der Waals surface area contributed by atoms with Crippen molar-refractivity contribution in [2.45, 2.75) is 0 Å². The van der Waals surface area contributed by atoms with Crippen LogP contribution in [-0.4, -0.2) is 44.9 Å². The molecule has 0 saturated heterocycles. The number of nitrogens with zero attached hydrogens (tertiary/aromatic N) is 9. The zero-order valence-corrected chi connectivity index (χ0v) is 71.7. The summed E-state index contributed by atoms with van der Waals surface area (Å²) >= 11 is 0. The second kappa shape index (κ2) is 35.2. The number of aromatic nitrogens is 9. The molecule has 624 valence electrons. The van der Waals surface area contributed by atoms with Crippen molar-refractivity contribution in [1.29, 1.82) is 0 Å². The standard InChI is InChI=1S/C43H27N3O.2C39H25N3O/c1-3-12-28(13-4-1)29-22-24-31(25-23-29)42-44-41(30-14-5-2-6-15-30)45-43(46-42)36-27-26-34(32-16-7-8-17-33(32)36)35-19-11-21-39-40(35)37-18-9-10-20-38(37)47-39;1-3-10-26(11-4-1)27-18-22-30(23-19-27)38-40-37(29-12-5-2-6-13-29)41-39(42-38)31-24-20-28(21-25-31)32-15-9-16-34-33-14-7-8-17-35(33)43-36(32)34;1-3-10-26(11-4-1)27-18-22-30(23-19-27)38-40-37(29-12-5-2-6-13-29)41-39(42-38)31-24-20-28(21-25-31)32-15-9-17-35-36(32)33-14-7-8-16-34(33)43-35/h1-27H;2*1-25H. The van der Waals surface area contributed by atoms with Gasteiger partial charge in [-0.05, 0) is 108 Å². The monoisotopic (exact) mass is 1700 g/mol. The maximum Gasteiger partial charge on any atom is 0.164 e. The molecule has 0 spiro atoms. The summed E-state index contributed by atoms with van der Waals surface area (Å²) in [5, 5.41) is 8.91. The Morgan fingerprint density at radius 1 is 0.113 bits per heavy atom. The van der Waals surface area contributed by atoms with Crippen molar-refractivity contribution in [3.8, 4) is 169 Å². The van der Waals surface area contributed by atoms with Gasteiger partial charge in [0.05, 0.1) is 0 Å². The van der Waals surface area contributed by atoms with Gasteiger partial charge in [-0.15, -0.1) is 0 Å². The fourth-order valence-corrected chi connectivity index (χ4v) is 17.7. The van der Waals surface area contributed by atoms with Crippen LogP contribution in [0.5, 0.6) is 0 Å². The van der Waals surface area contributed by atoms with Crippen LogP contribution in [0.25, 0.3) is 246 Å². The van der Waals surface area contributed by atoms with Crippen molar-refractivity contribution in [3.63, 3.8) is 0 Å². The predicted molar refractivity (Wildman–Crippen MR) is 540 cm³/mol. The zero-order valence-electron chi connectivity index (χ0n) is 71.7. The Kier molecular flexibility index (Phi) is 21.1. The van der Waals surface area contributed by atoms with Gasteiger partial charge in [0, 0.05) is 88.0 Å². The molecule has 0 aliphatic carbocycles. The number of rotatable bonds is 15. The van der Waals surface area contributed by atoms with Gasteiger partial charge in [0.15, 0.2) is 52.4 Å². The van der Waals surface area contributed by atoms with Crippen LogP contribution in [-0.2, 0) is 0 Å². The summed E-state index contributed by atoms with van der Waals surface area (Å²) in [5.41, 5.74) is 27.4. The van der Waals surface area contributed by atoms with E-state index in [9.17, 15) is 0 Å². The van der Waals surface area contributed by atoms with E-state index in [1.807, 2.05) is 170 Å². The van der Waals surface area contributed by atoms with Gasteiger partial charge in [-0.1, -0.05) is 431 Å². The molecular formula is C121H77N9O3. The normalized spacial score (nSPS) is 11.3. The van der Waals surface area contributed by atoms with Crippen molar-refractivity contribution >= 4 is 76.6 Å². The van der Waals surface area contributed by atoms with Crippen LogP contribution in [0.3, 0.4) is 0 Å². The van der Waals surface area contributed by atoms with E-state index in [0.29, 0.717) is 52.4 Å². The van der Waals surface area contributed by atoms with E-state index < -0.39 is 0 Å². The third-order valence-electron chi connectivity index (χ3n) is 24.3. The van der Waals surface area contributed by atoms with Gasteiger partial charge in [0.25, 0.3) is 0 Å². The van der Waals surface area contributed by atoms with E-state index in [4.69, 9.17) is 58.1 Å². The molecule has 19 aromatic carbocycles. The number of hydrogen-bond donors (Lipinski definition) is 0. The lowest BCUT2D eigenvalue weighted by atomic mass is 9.92. The van der Waals surface area contributed by atoms with Crippen molar-refractivity contribution in [1.82, 2.24) is 44.9 Å². The van der Waals surface area contributed by atoms with E-state index >= 15 is 0 Å². The Morgan fingerprint density at radius 3 is 0.714 bits per heavy atom. The molecule has 0 N–H and O–H groups in total. The van der Waals surface area contributed by atoms with Gasteiger partial charge in [-0.3, -0.25) is 0 Å². The highest BCUT2D eigenvalue weighted by molar-refractivity contribution is 6.17. The molecule has 12 nitrogen and oxygen atoms in total. The molecule has 0 fully saturated rings. The van der Waals surface area contributed by atoms with Gasteiger partial charge < -0.3 is 13.3 Å². The Hall–Kier alpha value is -18.1. The lowest BCUT2D eigenvalue weighted by molar-refractivity contribution is 0.668. The smallest absolute Gasteiger partial charge is 0.164 e. The SMILES string of the molecule is c1ccc(-c2ccc(-c3nc(-c4ccccc4)nc(-c4ccc(-c5cccc6c5oc5ccccc56)cc4)n3)cc2)cc1.c1ccc(-c2ccc(-c3nc(-c4ccccc4)nc(-c4ccc(-c5cccc6oc7ccccc7c56)c5ccccc45)n3)cc2)cc1.c1ccc(-c2ccc(-c3nc(-c4ccccc4)nc(-c4ccc(-c5cccc6oc7ccccc7c56)cc4)n3)cc2)cc1. The second-order valence-electron chi connectivity index (χ2n) is 32.5. The molecule has 6 aromatic heterocycles. The van der Waals surface area contributed by atoms with E-state index in [0.717, 1.165) is 177 Å². The first-order valence-electron chi connectivity index (χ1n) is 44.3. The Labute approximate surface area is 766 Å². The summed E-state index contributed by atoms with van der Waals surface area (Å²) in [6.07, 6.45) is 0. The highest BCUT2D eigenvalue weighted by Gasteiger charge is 2.23. The molecule has 6 heterocycles. The molecule has 0 atom stereocenters. The van der Waals surface area contributed by atoms with Gasteiger partial charge in [0.2, 0.25) is 0 Å². The molecule has 133 heavy (non-hydrogen) atoms. The van der Waals surface area contributed by atoms with Crippen molar-refractivity contribution in [3.05, 3.63) is 467 Å². The quantitative estimate of drug-likeness (QED) is 0.0959. The number of hydrogen-bond acceptors (Lipinski definition) is 12. The predicted octanol–water partition coefficient (Wildman–Crippen LogP) is 31.5. The van der Waals surface area contributed by atoms with E-state index in [1.54, 1.807) is 0 Å². The maximum atomic E-state index is 6.29. The molecular weight excluding hydrogens is 1630 g/mol. The van der Waals surface area contributed by atoms with Crippen molar-refractivity contribution < 1.29 is 13.3 Å². The number of benzene rings is 19. The summed E-state index contributed by atoms with van der Waals surface area (Å²) in [4.78, 5) is 44.6. The Morgan fingerprint density at radius 2 is 0.338 bits per heavy atom. The third-order valence-corrected chi connectivity index (χ3v) is 24.3. The van der Waals surface area contributed by atoms with Crippen LogP contribution in [0.1, 0.15) is 0 Å². The maximum absolute atomic E-state index is 6.29. The molecule has 12 heteroatoms. The first-order chi connectivity index (χ1) is 65.9. The lowest BCUT2D eigenvalue weighted by Gasteiger charge is -2.14. The van der Waals surface area contributed by atoms with E-state index in [1.165, 1.54) is 16.7 Å². The first-order valence-corrected chi connectivity index (χ1v) is 44.3. The molecule has 0 bridgehead atoms. The zero-order chi connectivity index (χ0) is 88.3. The molecule has 25 aromatic rings. The second-order valence-corrected chi connectivity index (χ2v) is 32.5. The summed E-state index contributed by atoms with van der Waals surface area (Å²) in [7, 11) is 0. The van der Waals surface area contributed by atoms with Crippen molar-refractivity contribution in [2.24, 2.45) is 0 Å². The number of fused-ring (bicyclic) bond motifs is 10. The molecule has 0 saturated carbocycles. The first kappa shape index (κ1) is 79.5. The van der Waals surface area contributed by atoms with Crippen LogP contribution in [0.4, 0.5) is 0 Å². The van der Waals surface area contributed by atoms with Crippen LogP contribution in [0, 0.1) is 0 Å². The highest BCUT2D eigenvalue weighted by atomic mass is 16.3. The molecule has 0 aliphatic heterocycles. The largest absolute Gasteiger partial charge is 0.456 e. The van der Waals surface area contributed by atoms with E-state index in [-0.39, 0.29) is 0 Å². The summed E-state index contributed by atoms with van der Waals surface area (Å²) in [5.74, 6) is 5.74. The summed E-state index contributed by atoms with van der Waals surface area (Å²) < 4.78 is 18.6. The molecule has 0 radical (unpaired) electrons. The van der Waals surface area contributed by atoms with Crippen LogP contribution >= 0.6 is 0 Å². The molecule has 25 rings (SSSR count). The van der Waals surface area contributed by atoms with Crippen LogP contribution < -0.4 is 0 Å².